The van der Waals surface area contributed by atoms with E-state index in [9.17, 15) is 0 Å². The van der Waals surface area contributed by atoms with Crippen LogP contribution in [0.2, 0.25) is 0 Å². The highest BCUT2D eigenvalue weighted by molar-refractivity contribution is 6.14. The Bertz CT molecular complexity index is 2870. The van der Waals surface area contributed by atoms with Crippen molar-refractivity contribution in [2.45, 2.75) is 0 Å². The Morgan fingerprint density at radius 1 is 0.353 bits per heavy atom. The first-order chi connectivity index (χ1) is 25.3. The van der Waals surface area contributed by atoms with E-state index in [1.54, 1.807) is 0 Å². The summed E-state index contributed by atoms with van der Waals surface area (Å²) in [6, 6.07) is 69.7. The highest BCUT2D eigenvalue weighted by Crippen LogP contribution is 2.38. The molecular formula is C49H32N2. The van der Waals surface area contributed by atoms with Gasteiger partial charge in [-0.3, -0.25) is 0 Å². The Hall–Kier alpha value is -6.77. The maximum absolute atomic E-state index is 5.19. The zero-order chi connectivity index (χ0) is 33.7. The Morgan fingerprint density at radius 2 is 0.922 bits per heavy atom. The largest absolute Gasteiger partial charge is 0.309 e. The van der Waals surface area contributed by atoms with Crippen LogP contribution < -0.4 is 0 Å². The van der Waals surface area contributed by atoms with E-state index in [-0.39, 0.29) is 0 Å². The van der Waals surface area contributed by atoms with Crippen molar-refractivity contribution in [3.05, 3.63) is 194 Å². The van der Waals surface area contributed by atoms with Crippen LogP contribution in [0.15, 0.2) is 194 Å². The van der Waals surface area contributed by atoms with Crippen LogP contribution in [0.25, 0.3) is 93.8 Å². The van der Waals surface area contributed by atoms with Crippen molar-refractivity contribution in [1.82, 2.24) is 9.55 Å². The quantitative estimate of drug-likeness (QED) is 0.170. The normalized spacial score (nSPS) is 11.5. The van der Waals surface area contributed by atoms with Crippen molar-refractivity contribution >= 4 is 43.5 Å². The second kappa shape index (κ2) is 12.0. The molecular weight excluding hydrogens is 617 g/mol. The Balaban J connectivity index is 0.990. The fraction of sp³-hybridized carbons (Fsp3) is 0. The lowest BCUT2D eigenvalue weighted by Crippen LogP contribution is -1.92. The minimum absolute atomic E-state index is 0.975. The van der Waals surface area contributed by atoms with E-state index in [1.165, 1.54) is 77.0 Å². The molecule has 0 amide bonds. The van der Waals surface area contributed by atoms with Gasteiger partial charge in [-0.05, 0) is 86.6 Å². The average molecular weight is 649 g/mol. The van der Waals surface area contributed by atoms with Gasteiger partial charge in [-0.1, -0.05) is 152 Å². The van der Waals surface area contributed by atoms with Gasteiger partial charge in [-0.2, -0.15) is 0 Å². The SMILES string of the molecule is c1ccc(-c2cc(-c3ccc(-c4ccc(-c5ccc6c(c5)c5ccccc5n6-c5ccccc5)cc4)cc3)nc3ccc4ccccc4c23)cc1. The van der Waals surface area contributed by atoms with Gasteiger partial charge in [-0.25, -0.2) is 4.98 Å². The third kappa shape index (κ3) is 5.00. The molecule has 0 saturated heterocycles. The summed E-state index contributed by atoms with van der Waals surface area (Å²) >= 11 is 0. The Kier molecular flexibility index (Phi) is 6.85. The number of benzene rings is 8. The van der Waals surface area contributed by atoms with Gasteiger partial charge in [0.05, 0.1) is 22.2 Å². The minimum Gasteiger partial charge on any atom is -0.309 e. The smallest absolute Gasteiger partial charge is 0.0722 e. The fourth-order valence-corrected chi connectivity index (χ4v) is 7.70. The predicted octanol–water partition coefficient (Wildman–Crippen LogP) is 13.2. The van der Waals surface area contributed by atoms with Gasteiger partial charge in [0.25, 0.3) is 0 Å². The van der Waals surface area contributed by atoms with Gasteiger partial charge in [0, 0.05) is 27.4 Å². The lowest BCUT2D eigenvalue weighted by molar-refractivity contribution is 1.18. The second-order valence-electron chi connectivity index (χ2n) is 13.2. The zero-order valence-corrected chi connectivity index (χ0v) is 27.9. The van der Waals surface area contributed by atoms with Gasteiger partial charge in [0.2, 0.25) is 0 Å². The average Bonchev–Trinajstić information content (AvgIpc) is 3.55. The molecule has 10 aromatic rings. The molecule has 0 unspecified atom stereocenters. The number of nitrogens with zero attached hydrogens (tertiary/aromatic N) is 2. The van der Waals surface area contributed by atoms with Crippen molar-refractivity contribution in [2.24, 2.45) is 0 Å². The number of rotatable bonds is 5. The monoisotopic (exact) mass is 648 g/mol. The van der Waals surface area contributed by atoms with Crippen molar-refractivity contribution in [1.29, 1.82) is 0 Å². The van der Waals surface area contributed by atoms with Crippen molar-refractivity contribution in [3.63, 3.8) is 0 Å². The van der Waals surface area contributed by atoms with Crippen LogP contribution in [0.3, 0.4) is 0 Å². The highest BCUT2D eigenvalue weighted by atomic mass is 15.0. The third-order valence-corrected chi connectivity index (χ3v) is 10.2. The summed E-state index contributed by atoms with van der Waals surface area (Å²) in [5.41, 5.74) is 13.9. The van der Waals surface area contributed by atoms with Crippen molar-refractivity contribution in [2.75, 3.05) is 0 Å². The first-order valence-corrected chi connectivity index (χ1v) is 17.5. The molecule has 2 heterocycles. The number of fused-ring (bicyclic) bond motifs is 6. The van der Waals surface area contributed by atoms with E-state index < -0.39 is 0 Å². The van der Waals surface area contributed by atoms with Crippen LogP contribution in [0.5, 0.6) is 0 Å². The van der Waals surface area contributed by atoms with Crippen LogP contribution in [-0.4, -0.2) is 9.55 Å². The molecule has 2 heteroatoms. The summed E-state index contributed by atoms with van der Waals surface area (Å²) in [4.78, 5) is 5.19. The molecule has 0 aliphatic carbocycles. The molecule has 0 radical (unpaired) electrons. The lowest BCUT2D eigenvalue weighted by atomic mass is 9.94. The molecule has 2 nitrogen and oxygen atoms in total. The number of hydrogen-bond donors (Lipinski definition) is 0. The van der Waals surface area contributed by atoms with Gasteiger partial charge in [0.15, 0.2) is 0 Å². The molecule has 238 valence electrons. The Morgan fingerprint density at radius 3 is 1.67 bits per heavy atom. The molecule has 0 spiro atoms. The van der Waals surface area contributed by atoms with Gasteiger partial charge < -0.3 is 4.57 Å². The molecule has 8 aromatic carbocycles. The maximum atomic E-state index is 5.19. The predicted molar refractivity (Wildman–Crippen MR) is 215 cm³/mol. The molecule has 0 aliphatic rings. The summed E-state index contributed by atoms with van der Waals surface area (Å²) in [6.45, 7) is 0. The molecule has 0 aliphatic heterocycles. The first kappa shape index (κ1) is 29.2. The standard InChI is InChI=1S/C49H32N2/c1-3-11-36(12-4-1)43-32-46(50-45-29-27-37-13-7-8-16-41(37)49(43)45)38-25-23-34(24-26-38)33-19-21-35(22-20-33)39-28-30-48-44(31-39)42-17-9-10-18-47(42)51(48)40-14-5-2-6-15-40/h1-32H. The van der Waals surface area contributed by atoms with Gasteiger partial charge >= 0.3 is 0 Å². The van der Waals surface area contributed by atoms with Crippen LogP contribution >= 0.6 is 0 Å². The van der Waals surface area contributed by atoms with E-state index >= 15 is 0 Å². The fourth-order valence-electron chi connectivity index (χ4n) is 7.70. The van der Waals surface area contributed by atoms with E-state index in [0.29, 0.717) is 0 Å². The van der Waals surface area contributed by atoms with Crippen LogP contribution in [0.4, 0.5) is 0 Å². The molecule has 2 aromatic heterocycles. The highest BCUT2D eigenvalue weighted by Gasteiger charge is 2.15. The molecule has 0 bridgehead atoms. The molecule has 0 fully saturated rings. The molecule has 51 heavy (non-hydrogen) atoms. The van der Waals surface area contributed by atoms with Crippen LogP contribution in [0, 0.1) is 0 Å². The van der Waals surface area contributed by atoms with Gasteiger partial charge in [0.1, 0.15) is 0 Å². The third-order valence-electron chi connectivity index (χ3n) is 10.2. The van der Waals surface area contributed by atoms with Crippen LogP contribution in [-0.2, 0) is 0 Å². The number of para-hydroxylation sites is 2. The first-order valence-electron chi connectivity index (χ1n) is 17.5. The Labute approximate surface area is 296 Å². The summed E-state index contributed by atoms with van der Waals surface area (Å²) in [6.07, 6.45) is 0. The van der Waals surface area contributed by atoms with E-state index in [1.807, 2.05) is 0 Å². The summed E-state index contributed by atoms with van der Waals surface area (Å²) in [5, 5.41) is 6.17. The van der Waals surface area contributed by atoms with Crippen molar-refractivity contribution in [3.8, 4) is 50.3 Å². The number of hydrogen-bond acceptors (Lipinski definition) is 1. The van der Waals surface area contributed by atoms with E-state index in [2.05, 4.69) is 199 Å². The van der Waals surface area contributed by atoms with E-state index in [0.717, 1.165) is 16.8 Å². The number of aromatic nitrogens is 2. The second-order valence-corrected chi connectivity index (χ2v) is 13.2. The van der Waals surface area contributed by atoms with Crippen molar-refractivity contribution < 1.29 is 0 Å². The lowest BCUT2D eigenvalue weighted by Gasteiger charge is -2.13. The molecule has 0 saturated carbocycles. The summed E-state index contributed by atoms with van der Waals surface area (Å²) < 4.78 is 2.36. The minimum atomic E-state index is 0.975. The zero-order valence-electron chi connectivity index (χ0n) is 27.9. The molecule has 10 rings (SSSR count). The van der Waals surface area contributed by atoms with Gasteiger partial charge in [-0.15, -0.1) is 0 Å². The summed E-state index contributed by atoms with van der Waals surface area (Å²) in [5.74, 6) is 0. The summed E-state index contributed by atoms with van der Waals surface area (Å²) in [7, 11) is 0. The molecule has 0 N–H and O–H groups in total. The van der Waals surface area contributed by atoms with Crippen LogP contribution in [0.1, 0.15) is 0 Å². The maximum Gasteiger partial charge on any atom is 0.0722 e. The number of pyridine rings is 1. The topological polar surface area (TPSA) is 17.8 Å². The molecule has 0 atom stereocenters. The van der Waals surface area contributed by atoms with E-state index in [4.69, 9.17) is 4.98 Å².